The molecular weight excluding hydrogens is 342 g/mol. The second-order valence-corrected chi connectivity index (χ2v) is 6.46. The Hall–Kier alpha value is -3.32. The maximum atomic E-state index is 12.8. The van der Waals surface area contributed by atoms with Crippen LogP contribution >= 0.6 is 0 Å². The number of carbonyl (C=O) groups is 1. The fraction of sp³-hybridized carbons (Fsp3) is 0.200. The van der Waals surface area contributed by atoms with Crippen LogP contribution < -0.4 is 4.90 Å². The summed E-state index contributed by atoms with van der Waals surface area (Å²) in [5.74, 6) is 0.779. The molecule has 3 heterocycles. The van der Waals surface area contributed by atoms with Gasteiger partial charge in [-0.3, -0.25) is 9.20 Å². The summed E-state index contributed by atoms with van der Waals surface area (Å²) in [6.45, 7) is 2.88. The number of fused-ring (bicyclic) bond motifs is 3. The van der Waals surface area contributed by atoms with Crippen molar-refractivity contribution in [3.8, 4) is 0 Å². The van der Waals surface area contributed by atoms with Gasteiger partial charge in [-0.2, -0.15) is 0 Å². The first-order valence-electron chi connectivity index (χ1n) is 8.87. The highest BCUT2D eigenvalue weighted by Crippen LogP contribution is 2.25. The Bertz CT molecular complexity index is 1130. The van der Waals surface area contributed by atoms with Crippen molar-refractivity contribution in [3.63, 3.8) is 0 Å². The largest absolute Gasteiger partial charge is 0.378 e. The van der Waals surface area contributed by atoms with E-state index in [0.717, 1.165) is 29.9 Å². The molecule has 0 spiro atoms. The molecule has 7 heteroatoms. The Balaban J connectivity index is 1.64. The van der Waals surface area contributed by atoms with Crippen LogP contribution in [0.5, 0.6) is 0 Å². The van der Waals surface area contributed by atoms with E-state index in [2.05, 4.69) is 15.1 Å². The van der Waals surface area contributed by atoms with Crippen LogP contribution in [0, 0.1) is 0 Å². The summed E-state index contributed by atoms with van der Waals surface area (Å²) in [7, 11) is 0. The van der Waals surface area contributed by atoms with E-state index in [9.17, 15) is 4.79 Å². The van der Waals surface area contributed by atoms with E-state index in [4.69, 9.17) is 9.72 Å². The molecule has 0 saturated carbocycles. The van der Waals surface area contributed by atoms with E-state index >= 15 is 0 Å². The number of nitrogens with zero attached hydrogens (tertiary/aromatic N) is 5. The van der Waals surface area contributed by atoms with E-state index in [1.54, 1.807) is 6.33 Å². The minimum Gasteiger partial charge on any atom is -0.378 e. The molecule has 5 rings (SSSR count). The number of ether oxygens (including phenoxy) is 1. The molecule has 2 aromatic carbocycles. The zero-order valence-corrected chi connectivity index (χ0v) is 14.6. The fourth-order valence-electron chi connectivity index (χ4n) is 3.42. The topological polar surface area (TPSA) is 72.6 Å². The van der Waals surface area contributed by atoms with Crippen LogP contribution in [0.25, 0.3) is 16.7 Å². The molecule has 2 aromatic heterocycles. The van der Waals surface area contributed by atoms with Gasteiger partial charge in [0.15, 0.2) is 11.6 Å². The molecule has 0 bridgehead atoms. The van der Waals surface area contributed by atoms with E-state index in [0.29, 0.717) is 30.0 Å². The van der Waals surface area contributed by atoms with E-state index < -0.39 is 0 Å². The van der Waals surface area contributed by atoms with Gasteiger partial charge in [-0.1, -0.05) is 30.3 Å². The lowest BCUT2D eigenvalue weighted by atomic mass is 10.0. The SMILES string of the molecule is O=C(c1ccccc1)c1ccc2nc(N3CCOCC3)c3nncn3c2c1. The van der Waals surface area contributed by atoms with Crippen molar-refractivity contribution in [2.24, 2.45) is 0 Å². The van der Waals surface area contributed by atoms with Crippen LogP contribution in [-0.4, -0.2) is 51.7 Å². The number of benzene rings is 2. The van der Waals surface area contributed by atoms with Gasteiger partial charge in [0.25, 0.3) is 0 Å². The predicted octanol–water partition coefficient (Wildman–Crippen LogP) is 2.35. The summed E-state index contributed by atoms with van der Waals surface area (Å²) >= 11 is 0. The Morgan fingerprint density at radius 1 is 1.00 bits per heavy atom. The molecule has 134 valence electrons. The maximum absolute atomic E-state index is 12.8. The second-order valence-electron chi connectivity index (χ2n) is 6.46. The highest BCUT2D eigenvalue weighted by Gasteiger charge is 2.20. The first-order chi connectivity index (χ1) is 13.3. The van der Waals surface area contributed by atoms with E-state index in [-0.39, 0.29) is 5.78 Å². The fourth-order valence-corrected chi connectivity index (χ4v) is 3.42. The summed E-state index contributed by atoms with van der Waals surface area (Å²) in [6, 6.07) is 14.8. The van der Waals surface area contributed by atoms with Crippen LogP contribution in [-0.2, 0) is 4.74 Å². The summed E-state index contributed by atoms with van der Waals surface area (Å²) in [6.07, 6.45) is 1.67. The standard InChI is InChI=1S/C20H17N5O2/c26-18(14-4-2-1-3-5-14)15-6-7-16-17(12-15)25-13-21-23-20(25)19(22-16)24-8-10-27-11-9-24/h1-7,12-13H,8-11H2. The van der Waals surface area contributed by atoms with Gasteiger partial charge in [0, 0.05) is 24.2 Å². The number of carbonyl (C=O) groups excluding carboxylic acids is 1. The minimum atomic E-state index is -0.0176. The van der Waals surface area contributed by atoms with Gasteiger partial charge in [-0.25, -0.2) is 4.98 Å². The van der Waals surface area contributed by atoms with Crippen molar-refractivity contribution in [2.75, 3.05) is 31.2 Å². The lowest BCUT2D eigenvalue weighted by Crippen LogP contribution is -2.37. The third-order valence-electron chi connectivity index (χ3n) is 4.82. The molecule has 0 N–H and O–H groups in total. The smallest absolute Gasteiger partial charge is 0.204 e. The molecular formula is C20H17N5O2. The van der Waals surface area contributed by atoms with Crippen LogP contribution in [0.1, 0.15) is 15.9 Å². The molecule has 0 aliphatic carbocycles. The molecule has 1 aliphatic rings. The molecule has 1 fully saturated rings. The summed E-state index contributed by atoms with van der Waals surface area (Å²) in [5, 5.41) is 8.33. The molecule has 1 saturated heterocycles. The molecule has 4 aromatic rings. The highest BCUT2D eigenvalue weighted by atomic mass is 16.5. The Kier molecular flexibility index (Phi) is 3.79. The summed E-state index contributed by atoms with van der Waals surface area (Å²) < 4.78 is 7.33. The molecule has 1 aliphatic heterocycles. The lowest BCUT2D eigenvalue weighted by molar-refractivity contribution is 0.103. The first kappa shape index (κ1) is 15.9. The van der Waals surface area contributed by atoms with Gasteiger partial charge in [0.05, 0.1) is 24.2 Å². The maximum Gasteiger partial charge on any atom is 0.204 e. The monoisotopic (exact) mass is 359 g/mol. The number of rotatable bonds is 3. The van der Waals surface area contributed by atoms with Crippen LogP contribution in [0.3, 0.4) is 0 Å². The summed E-state index contributed by atoms with van der Waals surface area (Å²) in [4.78, 5) is 19.8. The number of hydrogen-bond donors (Lipinski definition) is 0. The first-order valence-corrected chi connectivity index (χ1v) is 8.87. The van der Waals surface area contributed by atoms with Gasteiger partial charge in [0.2, 0.25) is 5.65 Å². The van der Waals surface area contributed by atoms with Crippen molar-refractivity contribution in [3.05, 3.63) is 66.0 Å². The third kappa shape index (κ3) is 2.72. The van der Waals surface area contributed by atoms with Crippen molar-refractivity contribution in [1.82, 2.24) is 19.6 Å². The van der Waals surface area contributed by atoms with Crippen molar-refractivity contribution >= 4 is 28.3 Å². The Morgan fingerprint density at radius 2 is 1.81 bits per heavy atom. The molecule has 0 amide bonds. The number of ketones is 1. The second kappa shape index (κ2) is 6.44. The van der Waals surface area contributed by atoms with Gasteiger partial charge in [0.1, 0.15) is 6.33 Å². The number of anilines is 1. The molecule has 0 atom stereocenters. The van der Waals surface area contributed by atoms with Gasteiger partial charge in [-0.15, -0.1) is 10.2 Å². The van der Waals surface area contributed by atoms with Crippen LogP contribution in [0.2, 0.25) is 0 Å². The number of morpholine rings is 1. The quantitative estimate of drug-likeness (QED) is 0.523. The zero-order valence-electron chi connectivity index (χ0n) is 14.6. The van der Waals surface area contributed by atoms with Crippen LogP contribution in [0.15, 0.2) is 54.9 Å². The predicted molar refractivity (Wildman–Crippen MR) is 101 cm³/mol. The highest BCUT2D eigenvalue weighted by molar-refractivity contribution is 6.10. The Labute approximate surface area is 155 Å². The average Bonchev–Trinajstić information content (AvgIpc) is 3.24. The van der Waals surface area contributed by atoms with Gasteiger partial charge >= 0.3 is 0 Å². The van der Waals surface area contributed by atoms with E-state index in [1.165, 1.54) is 0 Å². The average molecular weight is 359 g/mol. The molecule has 27 heavy (non-hydrogen) atoms. The Morgan fingerprint density at radius 3 is 2.63 bits per heavy atom. The molecule has 0 unspecified atom stereocenters. The lowest BCUT2D eigenvalue weighted by Gasteiger charge is -2.28. The summed E-state index contributed by atoms with van der Waals surface area (Å²) in [5.41, 5.74) is 3.58. The van der Waals surface area contributed by atoms with Crippen molar-refractivity contribution in [1.29, 1.82) is 0 Å². The van der Waals surface area contributed by atoms with Gasteiger partial charge < -0.3 is 9.64 Å². The zero-order chi connectivity index (χ0) is 18.2. The molecule has 0 radical (unpaired) electrons. The van der Waals surface area contributed by atoms with E-state index in [1.807, 2.05) is 52.9 Å². The number of aromatic nitrogens is 4. The number of hydrogen-bond acceptors (Lipinski definition) is 6. The van der Waals surface area contributed by atoms with Gasteiger partial charge in [-0.05, 0) is 18.2 Å². The normalized spacial score (nSPS) is 14.7. The van der Waals surface area contributed by atoms with Crippen LogP contribution in [0.4, 0.5) is 5.82 Å². The molecule has 7 nitrogen and oxygen atoms in total. The third-order valence-corrected chi connectivity index (χ3v) is 4.82. The van der Waals surface area contributed by atoms with Crippen molar-refractivity contribution < 1.29 is 9.53 Å². The minimum absolute atomic E-state index is 0.0176. The van der Waals surface area contributed by atoms with Crippen molar-refractivity contribution in [2.45, 2.75) is 0 Å².